The van der Waals surface area contributed by atoms with Crippen molar-refractivity contribution in [1.29, 1.82) is 10.5 Å². The topological polar surface area (TPSA) is 99.9 Å². The van der Waals surface area contributed by atoms with Crippen molar-refractivity contribution in [3.8, 4) is 12.1 Å². The average molecular weight is 333 g/mol. The maximum absolute atomic E-state index is 12.9. The van der Waals surface area contributed by atoms with Crippen molar-refractivity contribution in [2.24, 2.45) is 11.1 Å². The Morgan fingerprint density at radius 2 is 2.04 bits per heavy atom. The van der Waals surface area contributed by atoms with Crippen molar-refractivity contribution < 1.29 is 9.53 Å². The first-order valence-corrected chi connectivity index (χ1v) is 8.37. The Bertz CT molecular complexity index is 855. The van der Waals surface area contributed by atoms with Crippen LogP contribution in [0, 0.1) is 28.1 Å². The molecule has 0 radical (unpaired) electrons. The molecule has 0 aromatic heterocycles. The lowest BCUT2D eigenvalue weighted by Gasteiger charge is -2.38. The van der Waals surface area contributed by atoms with E-state index in [1.807, 2.05) is 30.3 Å². The number of nitriles is 2. The number of allylic oxidation sites excluding steroid dienone is 3. The summed E-state index contributed by atoms with van der Waals surface area (Å²) in [5, 5.41) is 19.7. The van der Waals surface area contributed by atoms with E-state index in [0.29, 0.717) is 0 Å². The average Bonchev–Trinajstić information content (AvgIpc) is 3.10. The predicted octanol–water partition coefficient (Wildman–Crippen LogP) is 3.07. The van der Waals surface area contributed by atoms with Gasteiger partial charge in [0.25, 0.3) is 0 Å². The van der Waals surface area contributed by atoms with Gasteiger partial charge in [-0.25, -0.2) is 4.79 Å². The van der Waals surface area contributed by atoms with Gasteiger partial charge in [-0.3, -0.25) is 0 Å². The first-order valence-electron chi connectivity index (χ1n) is 8.37. The molecular weight excluding hydrogens is 314 g/mol. The zero-order chi connectivity index (χ0) is 18.0. The summed E-state index contributed by atoms with van der Waals surface area (Å²) in [5.41, 5.74) is 7.58. The van der Waals surface area contributed by atoms with E-state index in [4.69, 9.17) is 10.5 Å². The second-order valence-corrected chi connectivity index (χ2v) is 6.24. The minimum absolute atomic E-state index is 0.0189. The SMILES string of the molecule is CCOC(=O)[C@@]1(C#N)C(N)=C(C#N)C2=C(CCC2)[C@@H]1c1ccccc1. The third-order valence-electron chi connectivity index (χ3n) is 5.06. The Morgan fingerprint density at radius 1 is 1.32 bits per heavy atom. The molecule has 0 bridgehead atoms. The van der Waals surface area contributed by atoms with Crippen molar-refractivity contribution in [1.82, 2.24) is 0 Å². The summed E-state index contributed by atoms with van der Waals surface area (Å²) in [5.74, 6) is -1.21. The van der Waals surface area contributed by atoms with Crippen LogP contribution < -0.4 is 5.73 Å². The van der Waals surface area contributed by atoms with Crippen LogP contribution >= 0.6 is 0 Å². The zero-order valence-electron chi connectivity index (χ0n) is 14.1. The second-order valence-electron chi connectivity index (χ2n) is 6.24. The molecule has 0 heterocycles. The molecule has 25 heavy (non-hydrogen) atoms. The van der Waals surface area contributed by atoms with Crippen molar-refractivity contribution >= 4 is 5.97 Å². The molecule has 5 nitrogen and oxygen atoms in total. The van der Waals surface area contributed by atoms with Gasteiger partial charge in [-0.15, -0.1) is 0 Å². The number of nitrogens with zero attached hydrogens (tertiary/aromatic N) is 2. The van der Waals surface area contributed by atoms with Crippen LogP contribution in [0.25, 0.3) is 0 Å². The molecule has 0 saturated heterocycles. The molecule has 3 rings (SSSR count). The lowest BCUT2D eigenvalue weighted by Crippen LogP contribution is -2.45. The Kier molecular flexibility index (Phi) is 4.33. The standard InChI is InChI=1S/C20H19N3O2/c1-2-25-19(24)20(12-22)17(13-7-4-3-5-8-13)15-10-6-9-14(15)16(11-21)18(20)23/h3-5,7-8,17H,2,6,9-10,23H2,1H3/t17-,20+/m0/s1. The number of nitrogens with two attached hydrogens (primary N) is 1. The Labute approximate surface area is 147 Å². The van der Waals surface area contributed by atoms with Gasteiger partial charge in [0.1, 0.15) is 6.07 Å². The number of ether oxygens (including phenoxy) is 1. The highest BCUT2D eigenvalue weighted by Crippen LogP contribution is 2.55. The number of hydrogen-bond acceptors (Lipinski definition) is 5. The number of hydrogen-bond donors (Lipinski definition) is 1. The Morgan fingerprint density at radius 3 is 2.64 bits per heavy atom. The van der Waals surface area contributed by atoms with E-state index in [0.717, 1.165) is 36.0 Å². The normalized spacial score (nSPS) is 25.2. The second kappa shape index (κ2) is 6.45. The molecule has 126 valence electrons. The summed E-state index contributed by atoms with van der Waals surface area (Å²) in [7, 11) is 0. The number of carbonyl (C=O) groups is 1. The van der Waals surface area contributed by atoms with Crippen molar-refractivity contribution in [3.05, 3.63) is 58.3 Å². The summed E-state index contributed by atoms with van der Waals surface area (Å²) in [4.78, 5) is 12.9. The number of benzene rings is 1. The molecule has 0 aliphatic heterocycles. The fourth-order valence-corrected chi connectivity index (χ4v) is 4.02. The Balaban J connectivity index is 2.32. The molecule has 1 aromatic rings. The van der Waals surface area contributed by atoms with E-state index in [1.54, 1.807) is 6.92 Å². The minimum Gasteiger partial charge on any atom is -0.464 e. The molecule has 0 saturated carbocycles. The monoisotopic (exact) mass is 333 g/mol. The van der Waals surface area contributed by atoms with Gasteiger partial charge < -0.3 is 10.5 Å². The summed E-state index contributed by atoms with van der Waals surface area (Å²) < 4.78 is 5.23. The van der Waals surface area contributed by atoms with Crippen LogP contribution in [0.4, 0.5) is 0 Å². The van der Waals surface area contributed by atoms with Gasteiger partial charge in [-0.2, -0.15) is 10.5 Å². The molecule has 2 aliphatic rings. The highest BCUT2D eigenvalue weighted by molar-refractivity contribution is 5.88. The third-order valence-corrected chi connectivity index (χ3v) is 5.06. The number of esters is 1. The summed E-state index contributed by atoms with van der Waals surface area (Å²) >= 11 is 0. The largest absolute Gasteiger partial charge is 0.464 e. The highest BCUT2D eigenvalue weighted by atomic mass is 16.5. The van der Waals surface area contributed by atoms with E-state index in [1.165, 1.54) is 0 Å². The molecule has 2 atom stereocenters. The smallest absolute Gasteiger partial charge is 0.333 e. The van der Waals surface area contributed by atoms with Gasteiger partial charge in [-0.05, 0) is 37.3 Å². The van der Waals surface area contributed by atoms with Gasteiger partial charge in [0, 0.05) is 5.92 Å². The van der Waals surface area contributed by atoms with E-state index < -0.39 is 17.3 Å². The van der Waals surface area contributed by atoms with Gasteiger partial charge in [0.2, 0.25) is 5.41 Å². The van der Waals surface area contributed by atoms with Gasteiger partial charge in [-0.1, -0.05) is 35.9 Å². The lowest BCUT2D eigenvalue weighted by molar-refractivity contribution is -0.151. The first kappa shape index (κ1) is 16.8. The fraction of sp³-hybridized carbons (Fsp3) is 0.350. The van der Waals surface area contributed by atoms with Crippen molar-refractivity contribution in [3.63, 3.8) is 0 Å². The maximum Gasteiger partial charge on any atom is 0.333 e. The number of rotatable bonds is 3. The molecular formula is C20H19N3O2. The summed E-state index contributed by atoms with van der Waals surface area (Å²) in [6.45, 7) is 1.83. The molecule has 2 N–H and O–H groups in total. The first-order chi connectivity index (χ1) is 12.1. The molecule has 2 aliphatic carbocycles. The molecule has 0 spiro atoms. The summed E-state index contributed by atoms with van der Waals surface area (Å²) in [6.07, 6.45) is 2.37. The molecule has 0 amide bonds. The van der Waals surface area contributed by atoms with Crippen LogP contribution in [0.1, 0.15) is 37.7 Å². The van der Waals surface area contributed by atoms with E-state index >= 15 is 0 Å². The van der Waals surface area contributed by atoms with Gasteiger partial charge >= 0.3 is 5.97 Å². The summed E-state index contributed by atoms with van der Waals surface area (Å²) in [6, 6.07) is 13.7. The number of carbonyl (C=O) groups excluding carboxylic acids is 1. The van der Waals surface area contributed by atoms with Gasteiger partial charge in [0.05, 0.1) is 23.9 Å². The van der Waals surface area contributed by atoms with E-state index in [9.17, 15) is 15.3 Å². The van der Waals surface area contributed by atoms with E-state index in [-0.39, 0.29) is 17.9 Å². The quantitative estimate of drug-likeness (QED) is 0.857. The third kappa shape index (κ3) is 2.32. The van der Waals surface area contributed by atoms with Crippen LogP contribution in [0.2, 0.25) is 0 Å². The van der Waals surface area contributed by atoms with Crippen LogP contribution in [0.5, 0.6) is 0 Å². The van der Waals surface area contributed by atoms with Crippen LogP contribution in [-0.4, -0.2) is 12.6 Å². The maximum atomic E-state index is 12.9. The highest BCUT2D eigenvalue weighted by Gasteiger charge is 2.57. The molecule has 0 unspecified atom stereocenters. The van der Waals surface area contributed by atoms with Crippen LogP contribution in [0.3, 0.4) is 0 Å². The Hall–Kier alpha value is -3.05. The van der Waals surface area contributed by atoms with Crippen molar-refractivity contribution in [2.45, 2.75) is 32.1 Å². The molecule has 5 heteroatoms. The zero-order valence-corrected chi connectivity index (χ0v) is 14.1. The lowest BCUT2D eigenvalue weighted by atomic mass is 9.62. The van der Waals surface area contributed by atoms with Gasteiger partial charge in [0.15, 0.2) is 0 Å². The fourth-order valence-electron chi connectivity index (χ4n) is 4.02. The van der Waals surface area contributed by atoms with Crippen LogP contribution in [0.15, 0.2) is 52.7 Å². The predicted molar refractivity (Wildman–Crippen MR) is 91.6 cm³/mol. The van der Waals surface area contributed by atoms with Crippen molar-refractivity contribution in [2.75, 3.05) is 6.61 Å². The molecule has 1 aromatic carbocycles. The minimum atomic E-state index is -1.70. The molecule has 0 fully saturated rings. The van der Waals surface area contributed by atoms with Crippen LogP contribution in [-0.2, 0) is 9.53 Å². The van der Waals surface area contributed by atoms with E-state index in [2.05, 4.69) is 12.1 Å².